The Labute approximate surface area is 104 Å². The number of anilines is 1. The van der Waals surface area contributed by atoms with Crippen LogP contribution < -0.4 is 4.90 Å². The summed E-state index contributed by atoms with van der Waals surface area (Å²) in [5, 5.41) is 0. The first-order valence-electron chi connectivity index (χ1n) is 5.51. The van der Waals surface area contributed by atoms with Gasteiger partial charge in [0.05, 0.1) is 0 Å². The number of carbonyl (C=O) groups excluding carboxylic acids is 1. The van der Waals surface area contributed by atoms with E-state index in [9.17, 15) is 18.0 Å². The van der Waals surface area contributed by atoms with Crippen LogP contribution in [0.5, 0.6) is 0 Å². The molecule has 0 aliphatic heterocycles. The fraction of sp³-hybridized carbons (Fsp3) is 0.500. The van der Waals surface area contributed by atoms with E-state index in [1.165, 1.54) is 25.3 Å². The van der Waals surface area contributed by atoms with Crippen LogP contribution in [0.25, 0.3) is 0 Å². The van der Waals surface area contributed by atoms with Gasteiger partial charge in [0.2, 0.25) is 0 Å². The summed E-state index contributed by atoms with van der Waals surface area (Å²) in [7, 11) is 0. The highest BCUT2D eigenvalue weighted by Gasteiger charge is 2.32. The zero-order chi connectivity index (χ0) is 13.9. The summed E-state index contributed by atoms with van der Waals surface area (Å²) in [6, 6.07) is 2.58. The van der Waals surface area contributed by atoms with Gasteiger partial charge in [-0.1, -0.05) is 0 Å². The monoisotopic (exact) mass is 260 g/mol. The van der Waals surface area contributed by atoms with Crippen molar-refractivity contribution in [3.8, 4) is 0 Å². The van der Waals surface area contributed by atoms with Gasteiger partial charge in [-0.2, -0.15) is 13.2 Å². The summed E-state index contributed by atoms with van der Waals surface area (Å²) in [6.07, 6.45) is -2.99. The Kier molecular flexibility index (Phi) is 4.32. The highest BCUT2D eigenvalue weighted by Crippen LogP contribution is 2.22. The molecule has 0 spiro atoms. The lowest BCUT2D eigenvalue weighted by Crippen LogP contribution is -2.39. The SMILES string of the molecule is CC(=O)c1ccc(N(CC(F)(F)F)C(C)C)nc1. The van der Waals surface area contributed by atoms with Crippen molar-refractivity contribution in [2.24, 2.45) is 0 Å². The summed E-state index contributed by atoms with van der Waals surface area (Å²) in [5.74, 6) is 0.0493. The van der Waals surface area contributed by atoms with Gasteiger partial charge in [-0.05, 0) is 32.9 Å². The zero-order valence-electron chi connectivity index (χ0n) is 10.5. The maximum absolute atomic E-state index is 12.4. The maximum atomic E-state index is 12.4. The largest absolute Gasteiger partial charge is 0.405 e. The summed E-state index contributed by atoms with van der Waals surface area (Å²) in [4.78, 5) is 16.1. The molecule has 3 nitrogen and oxygen atoms in total. The lowest BCUT2D eigenvalue weighted by Gasteiger charge is -2.28. The van der Waals surface area contributed by atoms with E-state index in [0.29, 0.717) is 5.56 Å². The molecule has 18 heavy (non-hydrogen) atoms. The third kappa shape index (κ3) is 4.01. The Hall–Kier alpha value is -1.59. The van der Waals surface area contributed by atoms with E-state index in [-0.39, 0.29) is 17.6 Å². The van der Waals surface area contributed by atoms with Gasteiger partial charge in [0.1, 0.15) is 12.4 Å². The molecular weight excluding hydrogens is 245 g/mol. The van der Waals surface area contributed by atoms with Crippen molar-refractivity contribution in [1.82, 2.24) is 4.98 Å². The van der Waals surface area contributed by atoms with E-state index < -0.39 is 12.7 Å². The minimum Gasteiger partial charge on any atom is -0.345 e. The van der Waals surface area contributed by atoms with Crippen LogP contribution >= 0.6 is 0 Å². The van der Waals surface area contributed by atoms with Gasteiger partial charge >= 0.3 is 6.18 Å². The molecular formula is C12H15F3N2O. The smallest absolute Gasteiger partial charge is 0.345 e. The molecule has 0 amide bonds. The number of nitrogens with zero attached hydrogens (tertiary/aromatic N) is 2. The van der Waals surface area contributed by atoms with Gasteiger partial charge < -0.3 is 4.90 Å². The molecule has 0 aromatic carbocycles. The summed E-state index contributed by atoms with van der Waals surface area (Å²) >= 11 is 0. The Morgan fingerprint density at radius 2 is 2.00 bits per heavy atom. The lowest BCUT2D eigenvalue weighted by atomic mass is 10.2. The van der Waals surface area contributed by atoms with Crippen molar-refractivity contribution >= 4 is 11.6 Å². The average molecular weight is 260 g/mol. The van der Waals surface area contributed by atoms with Crippen molar-refractivity contribution in [3.63, 3.8) is 0 Å². The third-order valence-electron chi connectivity index (χ3n) is 2.42. The molecule has 0 saturated carbocycles. The van der Waals surface area contributed by atoms with Gasteiger partial charge in [0.15, 0.2) is 5.78 Å². The van der Waals surface area contributed by atoms with Crippen LogP contribution in [-0.2, 0) is 0 Å². The van der Waals surface area contributed by atoms with E-state index in [4.69, 9.17) is 0 Å². The van der Waals surface area contributed by atoms with Crippen molar-refractivity contribution in [2.75, 3.05) is 11.4 Å². The predicted molar refractivity (Wildman–Crippen MR) is 62.8 cm³/mol. The summed E-state index contributed by atoms with van der Waals surface area (Å²) in [5.41, 5.74) is 0.384. The normalized spacial score (nSPS) is 11.7. The molecule has 1 heterocycles. The Bertz CT molecular complexity index is 412. The number of aromatic nitrogens is 1. The minimum atomic E-state index is -4.29. The number of hydrogen-bond acceptors (Lipinski definition) is 3. The Balaban J connectivity index is 2.96. The Morgan fingerprint density at radius 1 is 1.39 bits per heavy atom. The van der Waals surface area contributed by atoms with Crippen molar-refractivity contribution in [1.29, 1.82) is 0 Å². The molecule has 0 saturated heterocycles. The number of carbonyl (C=O) groups is 1. The molecule has 0 fully saturated rings. The standard InChI is InChI=1S/C12H15F3N2O/c1-8(2)17(7-12(13,14)15)11-5-4-10(6-16-11)9(3)18/h4-6,8H,7H2,1-3H3. The van der Waals surface area contributed by atoms with Crippen LogP contribution in [0.1, 0.15) is 31.1 Å². The van der Waals surface area contributed by atoms with Crippen molar-refractivity contribution < 1.29 is 18.0 Å². The maximum Gasteiger partial charge on any atom is 0.405 e. The molecule has 1 aromatic rings. The van der Waals surface area contributed by atoms with Crippen LogP contribution in [-0.4, -0.2) is 29.5 Å². The number of ketones is 1. The highest BCUT2D eigenvalue weighted by atomic mass is 19.4. The number of alkyl halides is 3. The van der Waals surface area contributed by atoms with Crippen molar-refractivity contribution in [3.05, 3.63) is 23.9 Å². The first-order chi connectivity index (χ1) is 8.20. The number of pyridine rings is 1. The molecule has 0 N–H and O–H groups in total. The fourth-order valence-electron chi connectivity index (χ4n) is 1.49. The average Bonchev–Trinajstić information content (AvgIpc) is 2.24. The molecule has 0 unspecified atom stereocenters. The van der Waals surface area contributed by atoms with Crippen LogP contribution in [0.2, 0.25) is 0 Å². The quantitative estimate of drug-likeness (QED) is 0.780. The molecule has 0 aliphatic carbocycles. The number of rotatable bonds is 4. The van der Waals surface area contributed by atoms with Crippen LogP contribution in [0.3, 0.4) is 0 Å². The second-order valence-electron chi connectivity index (χ2n) is 4.30. The number of Topliss-reactive ketones (excluding diaryl/α,β-unsaturated/α-hetero) is 1. The predicted octanol–water partition coefficient (Wildman–Crippen LogP) is 3.06. The second kappa shape index (κ2) is 5.37. The van der Waals surface area contributed by atoms with Gasteiger partial charge in [0, 0.05) is 17.8 Å². The molecule has 0 radical (unpaired) electrons. The first-order valence-corrected chi connectivity index (χ1v) is 5.51. The molecule has 0 atom stereocenters. The fourth-order valence-corrected chi connectivity index (χ4v) is 1.49. The van der Waals surface area contributed by atoms with Gasteiger partial charge in [-0.25, -0.2) is 4.98 Å². The van der Waals surface area contributed by atoms with E-state index in [1.807, 2.05) is 0 Å². The van der Waals surface area contributed by atoms with Crippen LogP contribution in [0.4, 0.5) is 19.0 Å². The third-order valence-corrected chi connectivity index (χ3v) is 2.42. The molecule has 0 bridgehead atoms. The van der Waals surface area contributed by atoms with Crippen molar-refractivity contribution in [2.45, 2.75) is 33.0 Å². The summed E-state index contributed by atoms with van der Waals surface area (Å²) < 4.78 is 37.3. The Morgan fingerprint density at radius 3 is 2.33 bits per heavy atom. The van der Waals surface area contributed by atoms with Gasteiger partial charge in [0.25, 0.3) is 0 Å². The van der Waals surface area contributed by atoms with E-state index in [0.717, 1.165) is 4.90 Å². The van der Waals surface area contributed by atoms with Gasteiger partial charge in [-0.3, -0.25) is 4.79 Å². The number of halogens is 3. The number of hydrogen-bond donors (Lipinski definition) is 0. The molecule has 1 rings (SSSR count). The first kappa shape index (κ1) is 14.5. The van der Waals surface area contributed by atoms with E-state index >= 15 is 0 Å². The molecule has 100 valence electrons. The topological polar surface area (TPSA) is 33.2 Å². The molecule has 1 aromatic heterocycles. The highest BCUT2D eigenvalue weighted by molar-refractivity contribution is 5.93. The van der Waals surface area contributed by atoms with Gasteiger partial charge in [-0.15, -0.1) is 0 Å². The van der Waals surface area contributed by atoms with E-state index in [2.05, 4.69) is 4.98 Å². The van der Waals surface area contributed by atoms with Crippen LogP contribution in [0, 0.1) is 0 Å². The molecule has 0 aliphatic rings. The lowest BCUT2D eigenvalue weighted by molar-refractivity contribution is -0.120. The summed E-state index contributed by atoms with van der Waals surface area (Å²) in [6.45, 7) is 3.64. The van der Waals surface area contributed by atoms with E-state index in [1.54, 1.807) is 13.8 Å². The second-order valence-corrected chi connectivity index (χ2v) is 4.30. The van der Waals surface area contributed by atoms with Crippen LogP contribution in [0.15, 0.2) is 18.3 Å². The molecule has 6 heteroatoms. The minimum absolute atomic E-state index is 0.166. The zero-order valence-corrected chi connectivity index (χ0v) is 10.5.